The van der Waals surface area contributed by atoms with Crippen LogP contribution in [-0.2, 0) is 12.7 Å². The van der Waals surface area contributed by atoms with Gasteiger partial charge < -0.3 is 9.80 Å². The van der Waals surface area contributed by atoms with Gasteiger partial charge in [0.1, 0.15) is 6.54 Å². The smallest absolute Gasteiger partial charge is 0.360 e. The quantitative estimate of drug-likeness (QED) is 0.894. The summed E-state index contributed by atoms with van der Waals surface area (Å²) >= 11 is 0. The van der Waals surface area contributed by atoms with E-state index in [9.17, 15) is 13.2 Å². The molecule has 1 aliphatic rings. The first-order valence-electron chi connectivity index (χ1n) is 8.65. The molecule has 2 aromatic carbocycles. The minimum Gasteiger partial charge on any atom is -0.360 e. The van der Waals surface area contributed by atoms with Crippen LogP contribution in [-0.4, -0.2) is 26.2 Å². The Morgan fingerprint density at radius 1 is 0.960 bits per heavy atom. The Kier molecular flexibility index (Phi) is 5.04. The number of anilines is 1. The fourth-order valence-corrected chi connectivity index (χ4v) is 3.40. The minimum absolute atomic E-state index is 0.578. The molecule has 0 saturated carbocycles. The van der Waals surface area contributed by atoms with Crippen LogP contribution in [0.15, 0.2) is 42.5 Å². The molecule has 3 rings (SSSR count). The molecule has 0 atom stereocenters. The van der Waals surface area contributed by atoms with Gasteiger partial charge in [-0.1, -0.05) is 24.3 Å². The zero-order valence-corrected chi connectivity index (χ0v) is 14.7. The van der Waals surface area contributed by atoms with Gasteiger partial charge in [0, 0.05) is 11.3 Å². The molecule has 0 bridgehead atoms. The van der Waals surface area contributed by atoms with Crippen LogP contribution in [0.2, 0.25) is 0 Å². The van der Waals surface area contributed by atoms with E-state index in [4.69, 9.17) is 0 Å². The van der Waals surface area contributed by atoms with Crippen molar-refractivity contribution in [1.29, 1.82) is 0 Å². The lowest BCUT2D eigenvalue weighted by Crippen LogP contribution is -3.13. The third-order valence-electron chi connectivity index (χ3n) is 4.91. The van der Waals surface area contributed by atoms with Crippen molar-refractivity contribution in [3.8, 4) is 0 Å². The summed E-state index contributed by atoms with van der Waals surface area (Å²) in [5.41, 5.74) is 4.24. The maximum atomic E-state index is 12.6. The Balaban J connectivity index is 1.58. The fourth-order valence-electron chi connectivity index (χ4n) is 3.40. The summed E-state index contributed by atoms with van der Waals surface area (Å²) in [6.07, 6.45) is -4.26. The second-order valence-electron chi connectivity index (χ2n) is 6.90. The van der Waals surface area contributed by atoms with Crippen LogP contribution in [0.4, 0.5) is 18.9 Å². The van der Waals surface area contributed by atoms with Gasteiger partial charge in [0.2, 0.25) is 0 Å². The Morgan fingerprint density at radius 2 is 1.60 bits per heavy atom. The van der Waals surface area contributed by atoms with E-state index in [-0.39, 0.29) is 0 Å². The zero-order chi connectivity index (χ0) is 18.0. The third kappa shape index (κ3) is 4.34. The first kappa shape index (κ1) is 17.8. The third-order valence-corrected chi connectivity index (χ3v) is 4.91. The van der Waals surface area contributed by atoms with Gasteiger partial charge in [-0.3, -0.25) is 0 Å². The molecule has 1 heterocycles. The molecular formula is C20H24F3N2+. The van der Waals surface area contributed by atoms with Crippen molar-refractivity contribution in [3.63, 3.8) is 0 Å². The number of nitrogens with one attached hydrogen (secondary N) is 1. The lowest BCUT2D eigenvalue weighted by atomic mass is 10.1. The molecule has 0 amide bonds. The molecule has 1 N–H and O–H groups in total. The highest BCUT2D eigenvalue weighted by atomic mass is 19.4. The summed E-state index contributed by atoms with van der Waals surface area (Å²) in [6, 6.07) is 12.1. The number of hydrogen-bond donors (Lipinski definition) is 1. The summed E-state index contributed by atoms with van der Waals surface area (Å²) in [7, 11) is 0. The molecule has 1 fully saturated rings. The Bertz CT molecular complexity index is 715. The monoisotopic (exact) mass is 349 g/mol. The minimum atomic E-state index is -4.26. The molecule has 0 aliphatic carbocycles. The van der Waals surface area contributed by atoms with Gasteiger partial charge in [0.25, 0.3) is 0 Å². The van der Waals surface area contributed by atoms with Crippen LogP contribution in [0.1, 0.15) is 22.3 Å². The standard InChI is InChI=1S/C20H23F3N2/c1-15-3-4-16(2)19(13-15)25-11-9-24(10-12-25)14-17-5-7-18(8-6-17)20(21,22)23/h3-8,13H,9-12,14H2,1-2H3/p+1. The van der Waals surface area contributed by atoms with Crippen LogP contribution >= 0.6 is 0 Å². The van der Waals surface area contributed by atoms with E-state index in [0.29, 0.717) is 0 Å². The van der Waals surface area contributed by atoms with Crippen molar-refractivity contribution in [2.75, 3.05) is 31.1 Å². The van der Waals surface area contributed by atoms with E-state index in [0.717, 1.165) is 38.3 Å². The molecule has 5 heteroatoms. The van der Waals surface area contributed by atoms with E-state index >= 15 is 0 Å². The molecule has 2 aromatic rings. The number of halogens is 3. The van der Waals surface area contributed by atoms with Gasteiger partial charge in [-0.05, 0) is 43.2 Å². The van der Waals surface area contributed by atoms with Gasteiger partial charge in [-0.2, -0.15) is 13.2 Å². The van der Waals surface area contributed by atoms with Crippen molar-refractivity contribution in [2.24, 2.45) is 0 Å². The van der Waals surface area contributed by atoms with Gasteiger partial charge in [-0.25, -0.2) is 0 Å². The Hall–Kier alpha value is -2.01. The molecule has 2 nitrogen and oxygen atoms in total. The first-order chi connectivity index (χ1) is 11.8. The van der Waals surface area contributed by atoms with Gasteiger partial charge in [0.15, 0.2) is 0 Å². The number of aryl methyl sites for hydroxylation is 2. The molecule has 0 spiro atoms. The lowest BCUT2D eigenvalue weighted by Gasteiger charge is -2.34. The molecule has 0 aromatic heterocycles. The molecule has 1 aliphatic heterocycles. The number of quaternary nitrogens is 1. The van der Waals surface area contributed by atoms with Crippen LogP contribution < -0.4 is 9.80 Å². The summed E-state index contributed by atoms with van der Waals surface area (Å²) in [5.74, 6) is 0. The Morgan fingerprint density at radius 3 is 2.20 bits per heavy atom. The van der Waals surface area contributed by atoms with E-state index < -0.39 is 11.7 Å². The summed E-state index contributed by atoms with van der Waals surface area (Å²) < 4.78 is 37.9. The molecule has 0 radical (unpaired) electrons. The largest absolute Gasteiger partial charge is 0.416 e. The van der Waals surface area contributed by atoms with Gasteiger partial charge in [-0.15, -0.1) is 0 Å². The molecule has 1 saturated heterocycles. The van der Waals surface area contributed by atoms with Gasteiger partial charge in [0.05, 0.1) is 31.7 Å². The number of nitrogens with zero attached hydrogens (tertiary/aromatic N) is 1. The summed E-state index contributed by atoms with van der Waals surface area (Å²) in [4.78, 5) is 3.83. The number of benzene rings is 2. The fraction of sp³-hybridized carbons (Fsp3) is 0.400. The average Bonchev–Trinajstić information content (AvgIpc) is 2.58. The number of hydrogen-bond acceptors (Lipinski definition) is 1. The van der Waals surface area contributed by atoms with Crippen molar-refractivity contribution in [2.45, 2.75) is 26.6 Å². The molecule has 134 valence electrons. The highest BCUT2D eigenvalue weighted by Gasteiger charge is 2.30. The van der Waals surface area contributed by atoms with Crippen molar-refractivity contribution in [3.05, 3.63) is 64.7 Å². The normalized spacial score (nSPS) is 16.3. The maximum Gasteiger partial charge on any atom is 0.416 e. The second-order valence-corrected chi connectivity index (χ2v) is 6.90. The predicted molar refractivity (Wildman–Crippen MR) is 94.0 cm³/mol. The summed E-state index contributed by atoms with van der Waals surface area (Å²) in [5, 5.41) is 0. The van der Waals surface area contributed by atoms with Crippen molar-refractivity contribution >= 4 is 5.69 Å². The zero-order valence-electron chi connectivity index (χ0n) is 14.7. The van der Waals surface area contributed by atoms with Crippen LogP contribution in [0.3, 0.4) is 0 Å². The molecular weight excluding hydrogens is 325 g/mol. The van der Waals surface area contributed by atoms with Crippen LogP contribution in [0.25, 0.3) is 0 Å². The number of alkyl halides is 3. The average molecular weight is 349 g/mol. The highest BCUT2D eigenvalue weighted by Crippen LogP contribution is 2.29. The van der Waals surface area contributed by atoms with Crippen LogP contribution in [0, 0.1) is 13.8 Å². The topological polar surface area (TPSA) is 7.68 Å². The van der Waals surface area contributed by atoms with E-state index in [1.807, 2.05) is 0 Å². The predicted octanol–water partition coefficient (Wildman–Crippen LogP) is 3.23. The highest BCUT2D eigenvalue weighted by molar-refractivity contribution is 5.55. The van der Waals surface area contributed by atoms with E-state index in [1.165, 1.54) is 33.8 Å². The first-order valence-corrected chi connectivity index (χ1v) is 8.65. The number of rotatable bonds is 3. The van der Waals surface area contributed by atoms with Crippen molar-refractivity contribution < 1.29 is 18.1 Å². The summed E-state index contributed by atoms with van der Waals surface area (Å²) in [6.45, 7) is 8.95. The maximum absolute atomic E-state index is 12.6. The molecule has 0 unspecified atom stereocenters. The van der Waals surface area contributed by atoms with Gasteiger partial charge >= 0.3 is 6.18 Å². The van der Waals surface area contributed by atoms with E-state index in [2.05, 4.69) is 36.9 Å². The molecule has 25 heavy (non-hydrogen) atoms. The van der Waals surface area contributed by atoms with Crippen LogP contribution in [0.5, 0.6) is 0 Å². The Labute approximate surface area is 146 Å². The SMILES string of the molecule is Cc1ccc(C)c(N2CC[NH+](Cc3ccc(C(F)(F)F)cc3)CC2)c1. The second kappa shape index (κ2) is 7.08. The number of piperazine rings is 1. The van der Waals surface area contributed by atoms with E-state index in [1.54, 1.807) is 12.1 Å². The lowest BCUT2D eigenvalue weighted by molar-refractivity contribution is -0.914. The van der Waals surface area contributed by atoms with Crippen molar-refractivity contribution in [1.82, 2.24) is 0 Å².